The Morgan fingerprint density at radius 3 is 2.62 bits per heavy atom. The van der Waals surface area contributed by atoms with Crippen molar-refractivity contribution in [3.05, 3.63) is 59.2 Å². The summed E-state index contributed by atoms with van der Waals surface area (Å²) in [7, 11) is 0. The quantitative estimate of drug-likeness (QED) is 0.724. The molecule has 5 nitrogen and oxygen atoms in total. The Morgan fingerprint density at radius 1 is 1.10 bits per heavy atom. The molecule has 2 aromatic carbocycles. The van der Waals surface area contributed by atoms with Gasteiger partial charge in [-0.2, -0.15) is 0 Å². The highest BCUT2D eigenvalue weighted by Gasteiger charge is 2.27. The van der Waals surface area contributed by atoms with Crippen LogP contribution in [0.25, 0.3) is 0 Å². The fourth-order valence-corrected chi connectivity index (χ4v) is 4.42. The molecule has 29 heavy (non-hydrogen) atoms. The number of hydrogen-bond acceptors (Lipinski definition) is 4. The average Bonchev–Trinajstić information content (AvgIpc) is 3.20. The van der Waals surface area contributed by atoms with Crippen LogP contribution in [0, 0.1) is 0 Å². The van der Waals surface area contributed by atoms with Crippen molar-refractivity contribution < 1.29 is 19.4 Å². The summed E-state index contributed by atoms with van der Waals surface area (Å²) in [4.78, 5) is 10.7. The number of fused-ring (bicyclic) bond motifs is 1. The van der Waals surface area contributed by atoms with Gasteiger partial charge in [0.1, 0.15) is 13.2 Å². The van der Waals surface area contributed by atoms with E-state index in [-0.39, 0.29) is 12.5 Å². The number of carbonyl (C=O) groups is 1. The summed E-state index contributed by atoms with van der Waals surface area (Å²) in [5.41, 5.74) is 3.68. The van der Waals surface area contributed by atoms with Crippen molar-refractivity contribution >= 4 is 5.97 Å². The van der Waals surface area contributed by atoms with E-state index in [1.54, 1.807) is 0 Å². The molecule has 0 amide bonds. The van der Waals surface area contributed by atoms with Gasteiger partial charge in [-0.15, -0.1) is 0 Å². The van der Waals surface area contributed by atoms with E-state index in [0.29, 0.717) is 31.6 Å². The van der Waals surface area contributed by atoms with E-state index in [4.69, 9.17) is 14.6 Å². The average molecular weight is 395 g/mol. The third-order valence-corrected chi connectivity index (χ3v) is 6.06. The van der Waals surface area contributed by atoms with Crippen molar-refractivity contribution in [2.24, 2.45) is 0 Å². The zero-order valence-corrected chi connectivity index (χ0v) is 16.9. The van der Waals surface area contributed by atoms with Crippen molar-refractivity contribution in [3.8, 4) is 11.5 Å². The first kappa shape index (κ1) is 19.8. The van der Waals surface area contributed by atoms with Crippen LogP contribution in [0.5, 0.6) is 11.5 Å². The number of carboxylic acid groups (broad SMARTS) is 1. The maximum absolute atomic E-state index is 10.7. The van der Waals surface area contributed by atoms with Crippen molar-refractivity contribution in [2.45, 2.75) is 57.0 Å². The fourth-order valence-electron chi connectivity index (χ4n) is 4.42. The maximum Gasteiger partial charge on any atom is 0.303 e. The Morgan fingerprint density at radius 2 is 1.86 bits per heavy atom. The smallest absolute Gasteiger partial charge is 0.303 e. The normalized spacial score (nSPS) is 21.7. The molecule has 0 aromatic heterocycles. The lowest BCUT2D eigenvalue weighted by Crippen LogP contribution is -2.29. The molecule has 0 radical (unpaired) electrons. The van der Waals surface area contributed by atoms with Crippen LogP contribution in [0.4, 0.5) is 0 Å². The van der Waals surface area contributed by atoms with Crippen molar-refractivity contribution in [2.75, 3.05) is 13.2 Å². The van der Waals surface area contributed by atoms with Crippen LogP contribution in [-0.2, 0) is 11.2 Å². The summed E-state index contributed by atoms with van der Waals surface area (Å²) in [5.74, 6) is 1.49. The van der Waals surface area contributed by atoms with Gasteiger partial charge in [0.25, 0.3) is 0 Å². The lowest BCUT2D eigenvalue weighted by Gasteiger charge is -2.23. The zero-order valence-electron chi connectivity index (χ0n) is 16.9. The van der Waals surface area contributed by atoms with E-state index < -0.39 is 5.97 Å². The Hall–Kier alpha value is -2.53. The molecule has 0 bridgehead atoms. The largest absolute Gasteiger partial charge is 0.486 e. The first-order valence-electron chi connectivity index (χ1n) is 10.5. The molecule has 0 spiro atoms. The van der Waals surface area contributed by atoms with Gasteiger partial charge < -0.3 is 19.9 Å². The van der Waals surface area contributed by atoms with Gasteiger partial charge in [0.2, 0.25) is 0 Å². The number of rotatable bonds is 7. The molecule has 5 heteroatoms. The number of aryl methyl sites for hydroxylation is 1. The highest BCUT2D eigenvalue weighted by Crippen LogP contribution is 2.37. The van der Waals surface area contributed by atoms with Gasteiger partial charge in [-0.3, -0.25) is 4.79 Å². The number of aliphatic carboxylic acids is 1. The van der Waals surface area contributed by atoms with Crippen LogP contribution >= 0.6 is 0 Å². The second-order valence-electron chi connectivity index (χ2n) is 8.13. The highest BCUT2D eigenvalue weighted by molar-refractivity contribution is 5.67. The summed E-state index contributed by atoms with van der Waals surface area (Å²) in [5, 5.41) is 12.6. The molecule has 4 rings (SSSR count). The highest BCUT2D eigenvalue weighted by atomic mass is 16.6. The van der Waals surface area contributed by atoms with Crippen LogP contribution in [0.3, 0.4) is 0 Å². The standard InChI is InChI=1S/C24H29NO4/c1-16(19-8-10-22-23(15-19)29-13-12-28-22)25-21-9-7-20(14-21)18-5-2-17(3-6-18)4-11-24(26)27/h2-3,5-6,8,10,15-16,20-21,25H,4,7,9,11-14H2,1H3,(H,26,27)/t16-,20+,21+/m1/s1. The molecular formula is C24H29NO4. The molecule has 3 atom stereocenters. The minimum atomic E-state index is -0.745. The Kier molecular flexibility index (Phi) is 6.05. The Bertz CT molecular complexity index is 848. The molecule has 1 aliphatic heterocycles. The van der Waals surface area contributed by atoms with E-state index in [2.05, 4.69) is 48.6 Å². The fraction of sp³-hybridized carbons (Fsp3) is 0.458. The summed E-state index contributed by atoms with van der Waals surface area (Å²) < 4.78 is 11.3. The van der Waals surface area contributed by atoms with Crippen LogP contribution in [-0.4, -0.2) is 30.3 Å². The van der Waals surface area contributed by atoms with Crippen molar-refractivity contribution in [1.29, 1.82) is 0 Å². The number of benzene rings is 2. The molecule has 1 aliphatic carbocycles. The first-order valence-corrected chi connectivity index (χ1v) is 10.5. The van der Waals surface area contributed by atoms with E-state index >= 15 is 0 Å². The zero-order chi connectivity index (χ0) is 20.2. The molecule has 0 saturated heterocycles. The number of ether oxygens (including phenoxy) is 2. The van der Waals surface area contributed by atoms with Gasteiger partial charge in [-0.25, -0.2) is 0 Å². The second kappa shape index (κ2) is 8.87. The maximum atomic E-state index is 10.7. The molecule has 1 heterocycles. The Balaban J connectivity index is 1.32. The SMILES string of the molecule is C[C@@H](N[C@H]1CC[C@H](c2ccc(CCC(=O)O)cc2)C1)c1ccc2c(c1)OCCO2. The van der Waals surface area contributed by atoms with Gasteiger partial charge in [0, 0.05) is 18.5 Å². The van der Waals surface area contributed by atoms with Crippen LogP contribution in [0.1, 0.15) is 61.3 Å². The van der Waals surface area contributed by atoms with Gasteiger partial charge in [0.05, 0.1) is 0 Å². The third kappa shape index (κ3) is 4.91. The van der Waals surface area contributed by atoms with Crippen LogP contribution in [0.15, 0.2) is 42.5 Å². The topological polar surface area (TPSA) is 67.8 Å². The van der Waals surface area contributed by atoms with Crippen molar-refractivity contribution in [3.63, 3.8) is 0 Å². The van der Waals surface area contributed by atoms with Gasteiger partial charge in [-0.1, -0.05) is 30.3 Å². The van der Waals surface area contributed by atoms with E-state index in [9.17, 15) is 4.79 Å². The summed E-state index contributed by atoms with van der Waals surface area (Å²) in [6.45, 7) is 3.43. The molecule has 0 unspecified atom stereocenters. The monoisotopic (exact) mass is 395 g/mol. The van der Waals surface area contributed by atoms with E-state index in [0.717, 1.165) is 23.5 Å². The van der Waals surface area contributed by atoms with Crippen molar-refractivity contribution in [1.82, 2.24) is 5.32 Å². The van der Waals surface area contributed by atoms with Crippen LogP contribution < -0.4 is 14.8 Å². The molecular weight excluding hydrogens is 366 g/mol. The predicted molar refractivity (Wildman–Crippen MR) is 112 cm³/mol. The van der Waals surface area contributed by atoms with Gasteiger partial charge >= 0.3 is 5.97 Å². The van der Waals surface area contributed by atoms with Crippen LogP contribution in [0.2, 0.25) is 0 Å². The predicted octanol–water partition coefficient (Wildman–Crippen LogP) is 4.46. The first-order chi connectivity index (χ1) is 14.1. The molecule has 1 fully saturated rings. The van der Waals surface area contributed by atoms with Gasteiger partial charge in [0.15, 0.2) is 11.5 Å². The molecule has 154 valence electrons. The minimum absolute atomic E-state index is 0.187. The summed E-state index contributed by atoms with van der Waals surface area (Å²) in [6, 6.07) is 15.5. The minimum Gasteiger partial charge on any atom is -0.486 e. The third-order valence-electron chi connectivity index (χ3n) is 6.06. The molecule has 2 aliphatic rings. The summed E-state index contributed by atoms with van der Waals surface area (Å²) >= 11 is 0. The molecule has 2 N–H and O–H groups in total. The number of carboxylic acids is 1. The summed E-state index contributed by atoms with van der Waals surface area (Å²) in [6.07, 6.45) is 4.26. The van der Waals surface area contributed by atoms with Gasteiger partial charge in [-0.05, 0) is 67.3 Å². The number of nitrogens with one attached hydrogen (secondary N) is 1. The molecule has 1 saturated carbocycles. The number of hydrogen-bond donors (Lipinski definition) is 2. The second-order valence-corrected chi connectivity index (χ2v) is 8.13. The Labute approximate surface area is 172 Å². The van der Waals surface area contributed by atoms with E-state index in [1.807, 2.05) is 6.07 Å². The lowest BCUT2D eigenvalue weighted by molar-refractivity contribution is -0.136. The molecule has 2 aromatic rings. The lowest BCUT2D eigenvalue weighted by atomic mass is 9.95. The van der Waals surface area contributed by atoms with E-state index in [1.165, 1.54) is 24.0 Å².